The molecule has 0 saturated carbocycles. The van der Waals surface area contributed by atoms with Gasteiger partial charge in [-0.1, -0.05) is 184 Å². The van der Waals surface area contributed by atoms with Crippen molar-refractivity contribution in [3.8, 4) is 27.9 Å². The molecule has 2 heteroatoms. The Morgan fingerprint density at radius 1 is 0.559 bits per heavy atom. The summed E-state index contributed by atoms with van der Waals surface area (Å²) in [6, 6.07) is 68.7. The first-order valence-electron chi connectivity index (χ1n) is 24.4. The molecule has 3 aliphatic carbocycles. The van der Waals surface area contributed by atoms with Crippen LogP contribution < -0.4 is 4.90 Å². The van der Waals surface area contributed by atoms with Crippen LogP contribution in [0.4, 0.5) is 11.4 Å². The third kappa shape index (κ3) is 6.45. The molecule has 0 spiro atoms. The molecule has 0 fully saturated rings. The second-order valence-corrected chi connectivity index (χ2v) is 20.4. The molecule has 4 aliphatic rings. The first-order chi connectivity index (χ1) is 33.2. The highest BCUT2D eigenvalue weighted by Gasteiger charge is 2.39. The molecule has 0 N–H and O–H groups in total. The monoisotopic (exact) mass is 874 g/mol. The van der Waals surface area contributed by atoms with Crippen molar-refractivity contribution >= 4 is 38.8 Å². The van der Waals surface area contributed by atoms with E-state index in [2.05, 4.69) is 256 Å². The molecule has 3 unspecified atom stereocenters. The molecule has 9 aromatic rings. The van der Waals surface area contributed by atoms with Gasteiger partial charge >= 0.3 is 0 Å². The Morgan fingerprint density at radius 3 is 2.01 bits per heavy atom. The Hall–Kier alpha value is -7.68. The molecule has 0 bridgehead atoms. The van der Waals surface area contributed by atoms with Crippen molar-refractivity contribution in [3.63, 3.8) is 0 Å². The first kappa shape index (κ1) is 40.6. The fourth-order valence-electron chi connectivity index (χ4n) is 12.0. The number of allylic oxidation sites excluding steroid dienone is 6. The van der Waals surface area contributed by atoms with E-state index in [9.17, 15) is 0 Å². The van der Waals surface area contributed by atoms with Crippen molar-refractivity contribution in [1.82, 2.24) is 4.57 Å². The zero-order valence-corrected chi connectivity index (χ0v) is 39.2. The summed E-state index contributed by atoms with van der Waals surface area (Å²) in [5.41, 5.74) is 23.5. The smallest absolute Gasteiger partial charge is 0.0630 e. The Bertz CT molecular complexity index is 3610. The van der Waals surface area contributed by atoms with E-state index in [0.29, 0.717) is 0 Å². The van der Waals surface area contributed by atoms with Crippen LogP contribution in [0.5, 0.6) is 0 Å². The molecule has 1 aromatic heterocycles. The van der Waals surface area contributed by atoms with Crippen LogP contribution in [0, 0.1) is 0 Å². The standard InChI is InChI=1S/C66H54N2/c1-43-33-35-66(4,36-34-43)50-27-32-64-58(42-50)57-41-49(26-31-63(57)68(64)52-15-9-6-10-16-52)48-25-30-62-56(40-48)55-39-47(24-29-61(55)67(62)51-13-7-5-8-14-51)46-22-19-44(20-23-46)37-45-21-28-54-53-17-11-12-18-59(53)65(2,3)60(54)38-45/h5-35,38-42,56,62H,36-37H2,1-4H3. The molecule has 2 nitrogen and oxygen atoms in total. The molecule has 68 heavy (non-hydrogen) atoms. The SMILES string of the molecule is CC1=CCC(C)(c2ccc3c(c2)c2cc(C4=CC5c6cc(-c7ccc(Cc8ccc9c(c8)C(C)(C)c8ccccc8-9)cc7)ccc6N(c6ccccc6)C5C=C4)ccc2n3-c2ccccc2)C=C1. The van der Waals surface area contributed by atoms with Crippen LogP contribution in [-0.4, -0.2) is 10.6 Å². The van der Waals surface area contributed by atoms with Crippen molar-refractivity contribution in [3.05, 3.63) is 263 Å². The highest BCUT2D eigenvalue weighted by atomic mass is 15.2. The van der Waals surface area contributed by atoms with Crippen LogP contribution in [0.25, 0.3) is 55.3 Å². The van der Waals surface area contributed by atoms with E-state index in [0.717, 1.165) is 12.8 Å². The van der Waals surface area contributed by atoms with E-state index in [1.165, 1.54) is 111 Å². The van der Waals surface area contributed by atoms with Crippen molar-refractivity contribution in [2.75, 3.05) is 4.90 Å². The third-order valence-electron chi connectivity index (χ3n) is 15.9. The van der Waals surface area contributed by atoms with Gasteiger partial charge in [-0.25, -0.2) is 0 Å². The Labute approximate surface area is 400 Å². The lowest BCUT2D eigenvalue weighted by Crippen LogP contribution is -2.28. The maximum atomic E-state index is 2.54. The van der Waals surface area contributed by atoms with E-state index in [4.69, 9.17) is 0 Å². The topological polar surface area (TPSA) is 8.17 Å². The van der Waals surface area contributed by atoms with E-state index in [1.54, 1.807) is 0 Å². The summed E-state index contributed by atoms with van der Waals surface area (Å²) < 4.78 is 2.44. The van der Waals surface area contributed by atoms with Crippen molar-refractivity contribution in [1.29, 1.82) is 0 Å². The summed E-state index contributed by atoms with van der Waals surface area (Å²) in [7, 11) is 0. The van der Waals surface area contributed by atoms with Crippen LogP contribution >= 0.6 is 0 Å². The number of benzene rings is 8. The summed E-state index contributed by atoms with van der Waals surface area (Å²) >= 11 is 0. The Balaban J connectivity index is 0.857. The first-order valence-corrected chi connectivity index (χ1v) is 24.4. The van der Waals surface area contributed by atoms with Gasteiger partial charge in [0.05, 0.1) is 17.1 Å². The van der Waals surface area contributed by atoms with Gasteiger partial charge in [-0.3, -0.25) is 0 Å². The van der Waals surface area contributed by atoms with Crippen LogP contribution in [0.1, 0.15) is 79.0 Å². The lowest BCUT2D eigenvalue weighted by atomic mass is 9.76. The van der Waals surface area contributed by atoms with Gasteiger partial charge in [0.1, 0.15) is 0 Å². The normalized spacial score (nSPS) is 19.7. The predicted octanol–water partition coefficient (Wildman–Crippen LogP) is 16.8. The largest absolute Gasteiger partial charge is 0.333 e. The third-order valence-corrected chi connectivity index (χ3v) is 15.9. The molecule has 13 rings (SSSR count). The summed E-state index contributed by atoms with van der Waals surface area (Å²) in [5, 5.41) is 2.57. The van der Waals surface area contributed by atoms with Crippen molar-refractivity contribution < 1.29 is 0 Å². The number of para-hydroxylation sites is 2. The van der Waals surface area contributed by atoms with Gasteiger partial charge in [0, 0.05) is 44.6 Å². The Kier molecular flexibility index (Phi) is 9.21. The fraction of sp³-hybridized carbons (Fsp3) is 0.152. The number of hydrogen-bond acceptors (Lipinski definition) is 1. The summed E-state index contributed by atoms with van der Waals surface area (Å²) in [6.07, 6.45) is 16.3. The maximum Gasteiger partial charge on any atom is 0.0630 e. The second-order valence-electron chi connectivity index (χ2n) is 20.4. The van der Waals surface area contributed by atoms with E-state index in [-0.39, 0.29) is 22.8 Å². The lowest BCUT2D eigenvalue weighted by molar-refractivity contribution is 0.597. The van der Waals surface area contributed by atoms with Gasteiger partial charge in [0.2, 0.25) is 0 Å². The summed E-state index contributed by atoms with van der Waals surface area (Å²) in [4.78, 5) is 2.54. The van der Waals surface area contributed by atoms with Gasteiger partial charge in [0.15, 0.2) is 0 Å². The minimum absolute atomic E-state index is 0.00336. The van der Waals surface area contributed by atoms with E-state index >= 15 is 0 Å². The quantitative estimate of drug-likeness (QED) is 0.155. The minimum atomic E-state index is -0.0500. The molecular formula is C66H54N2. The lowest BCUT2D eigenvalue weighted by Gasteiger charge is -2.29. The van der Waals surface area contributed by atoms with Crippen LogP contribution in [0.15, 0.2) is 224 Å². The molecule has 1 aliphatic heterocycles. The van der Waals surface area contributed by atoms with Gasteiger partial charge < -0.3 is 9.47 Å². The van der Waals surface area contributed by atoms with E-state index in [1.807, 2.05) is 0 Å². The molecular weight excluding hydrogens is 821 g/mol. The predicted molar refractivity (Wildman–Crippen MR) is 287 cm³/mol. The van der Waals surface area contributed by atoms with Gasteiger partial charge in [-0.15, -0.1) is 0 Å². The van der Waals surface area contributed by atoms with Gasteiger partial charge in [0.25, 0.3) is 0 Å². The highest BCUT2D eigenvalue weighted by Crippen LogP contribution is 2.52. The second kappa shape index (κ2) is 15.4. The summed E-state index contributed by atoms with van der Waals surface area (Å²) in [6.45, 7) is 9.30. The minimum Gasteiger partial charge on any atom is -0.333 e. The van der Waals surface area contributed by atoms with Crippen LogP contribution in [-0.2, 0) is 17.3 Å². The molecule has 0 saturated heterocycles. The van der Waals surface area contributed by atoms with Crippen molar-refractivity contribution in [2.45, 2.75) is 63.3 Å². The number of aromatic nitrogens is 1. The van der Waals surface area contributed by atoms with Crippen LogP contribution in [0.3, 0.4) is 0 Å². The molecule has 2 heterocycles. The number of nitrogens with zero attached hydrogens (tertiary/aromatic N) is 2. The fourth-order valence-corrected chi connectivity index (χ4v) is 12.0. The Morgan fingerprint density at radius 2 is 1.24 bits per heavy atom. The molecule has 3 atom stereocenters. The maximum absolute atomic E-state index is 2.54. The number of anilines is 2. The average Bonchev–Trinajstić information content (AvgIpc) is 3.97. The van der Waals surface area contributed by atoms with Crippen molar-refractivity contribution in [2.24, 2.45) is 0 Å². The van der Waals surface area contributed by atoms with Gasteiger partial charge in [-0.2, -0.15) is 0 Å². The van der Waals surface area contributed by atoms with Gasteiger partial charge in [-0.05, 0) is 147 Å². The number of rotatable bonds is 7. The summed E-state index contributed by atoms with van der Waals surface area (Å²) in [5.74, 6) is 0.183. The highest BCUT2D eigenvalue weighted by molar-refractivity contribution is 6.10. The number of fused-ring (bicyclic) bond motifs is 9. The average molecular weight is 875 g/mol. The zero-order chi connectivity index (χ0) is 45.7. The molecule has 0 amide bonds. The van der Waals surface area contributed by atoms with Crippen LogP contribution in [0.2, 0.25) is 0 Å². The number of hydrogen-bond donors (Lipinski definition) is 0. The molecule has 328 valence electrons. The zero-order valence-electron chi connectivity index (χ0n) is 39.2. The molecule has 8 aromatic carbocycles. The molecule has 0 radical (unpaired) electrons. The van der Waals surface area contributed by atoms with E-state index < -0.39 is 0 Å².